The summed E-state index contributed by atoms with van der Waals surface area (Å²) in [5.41, 5.74) is 3.51. The van der Waals surface area contributed by atoms with Crippen LogP contribution < -0.4 is 5.32 Å². The molecule has 0 aliphatic carbocycles. The predicted molar refractivity (Wildman–Crippen MR) is 75.3 cm³/mol. The van der Waals surface area contributed by atoms with Gasteiger partial charge in [0.15, 0.2) is 0 Å². The number of nitrogens with one attached hydrogen (secondary N) is 1. The molecule has 1 N–H and O–H groups in total. The normalized spacial score (nSPS) is 10.5. The molecule has 0 bridgehead atoms. The van der Waals surface area contributed by atoms with Crippen molar-refractivity contribution in [1.29, 1.82) is 0 Å². The molecule has 0 atom stereocenters. The molecular weight excluding hydrogens is 222 g/mol. The van der Waals surface area contributed by atoms with Crippen LogP contribution in [-0.2, 0) is 6.54 Å². The first-order valence-electron chi connectivity index (χ1n) is 6.18. The average molecular weight is 241 g/mol. The summed E-state index contributed by atoms with van der Waals surface area (Å²) in [6.45, 7) is 8.73. The van der Waals surface area contributed by atoms with Crippen molar-refractivity contribution >= 4 is 5.57 Å². The van der Waals surface area contributed by atoms with Crippen LogP contribution in [0.1, 0.15) is 11.1 Å². The van der Waals surface area contributed by atoms with Crippen molar-refractivity contribution in [3.8, 4) is 0 Å². The van der Waals surface area contributed by atoms with Crippen molar-refractivity contribution in [1.82, 2.24) is 15.1 Å². The van der Waals surface area contributed by atoms with Crippen molar-refractivity contribution in [2.45, 2.75) is 13.5 Å². The fourth-order valence-electron chi connectivity index (χ4n) is 1.80. The van der Waals surface area contributed by atoms with E-state index in [1.54, 1.807) is 0 Å². The molecule has 3 nitrogen and oxygen atoms in total. The van der Waals surface area contributed by atoms with Gasteiger partial charge in [0.05, 0.1) is 12.7 Å². The van der Waals surface area contributed by atoms with Gasteiger partial charge >= 0.3 is 0 Å². The van der Waals surface area contributed by atoms with Gasteiger partial charge in [0.1, 0.15) is 0 Å². The molecule has 0 radical (unpaired) electrons. The first-order chi connectivity index (χ1) is 8.75. The Bertz CT molecular complexity index is 499. The van der Waals surface area contributed by atoms with Crippen molar-refractivity contribution < 1.29 is 0 Å². The van der Waals surface area contributed by atoms with Crippen LogP contribution in [0.5, 0.6) is 0 Å². The zero-order valence-electron chi connectivity index (χ0n) is 10.8. The summed E-state index contributed by atoms with van der Waals surface area (Å²) in [6.07, 6.45) is 3.93. The predicted octanol–water partition coefficient (Wildman–Crippen LogP) is 2.49. The number of hydrogen-bond acceptors (Lipinski definition) is 2. The lowest BCUT2D eigenvalue weighted by Crippen LogP contribution is -2.21. The van der Waals surface area contributed by atoms with Gasteiger partial charge in [-0.15, -0.1) is 0 Å². The maximum Gasteiger partial charge on any atom is 0.0534 e. The third kappa shape index (κ3) is 3.57. The highest BCUT2D eigenvalue weighted by molar-refractivity contribution is 5.64. The van der Waals surface area contributed by atoms with E-state index in [1.807, 2.05) is 42.2 Å². The standard InChI is InChI=1S/C15H19N3/c1-13-10-17-18(12-13)9-8-16-11-14(2)15-6-4-3-5-7-15/h3-7,10,12,16H,2,8-9,11H2,1H3. The van der Waals surface area contributed by atoms with Gasteiger partial charge in [0, 0.05) is 19.3 Å². The molecule has 0 aliphatic heterocycles. The van der Waals surface area contributed by atoms with Crippen LogP contribution in [0.2, 0.25) is 0 Å². The Balaban J connectivity index is 1.71. The highest BCUT2D eigenvalue weighted by Crippen LogP contribution is 2.09. The molecule has 0 unspecified atom stereocenters. The molecule has 0 spiro atoms. The summed E-state index contributed by atoms with van der Waals surface area (Å²) < 4.78 is 1.95. The number of hydrogen-bond donors (Lipinski definition) is 1. The van der Waals surface area contributed by atoms with Crippen molar-refractivity contribution in [2.75, 3.05) is 13.1 Å². The van der Waals surface area contributed by atoms with E-state index in [9.17, 15) is 0 Å². The van der Waals surface area contributed by atoms with Crippen LogP contribution >= 0.6 is 0 Å². The first-order valence-corrected chi connectivity index (χ1v) is 6.18. The maximum atomic E-state index is 4.24. The van der Waals surface area contributed by atoms with E-state index < -0.39 is 0 Å². The number of benzene rings is 1. The molecule has 94 valence electrons. The molecule has 2 rings (SSSR count). The Labute approximate surface area is 108 Å². The van der Waals surface area contributed by atoms with Gasteiger partial charge in [-0.2, -0.15) is 5.10 Å². The molecule has 0 amide bonds. The van der Waals surface area contributed by atoms with Crippen LogP contribution in [-0.4, -0.2) is 22.9 Å². The smallest absolute Gasteiger partial charge is 0.0534 e. The second-order valence-corrected chi connectivity index (χ2v) is 4.43. The van der Waals surface area contributed by atoms with Crippen LogP contribution in [0.4, 0.5) is 0 Å². The molecular formula is C15H19N3. The highest BCUT2D eigenvalue weighted by Gasteiger charge is 1.98. The van der Waals surface area contributed by atoms with Gasteiger partial charge in [-0.1, -0.05) is 36.9 Å². The van der Waals surface area contributed by atoms with Gasteiger partial charge in [-0.25, -0.2) is 0 Å². The average Bonchev–Trinajstić information content (AvgIpc) is 2.81. The van der Waals surface area contributed by atoms with Gasteiger partial charge < -0.3 is 5.32 Å². The monoisotopic (exact) mass is 241 g/mol. The Morgan fingerprint density at radius 3 is 2.78 bits per heavy atom. The Morgan fingerprint density at radius 1 is 1.33 bits per heavy atom. The summed E-state index contributed by atoms with van der Waals surface area (Å²) in [4.78, 5) is 0. The summed E-state index contributed by atoms with van der Waals surface area (Å²) in [5.74, 6) is 0. The summed E-state index contributed by atoms with van der Waals surface area (Å²) >= 11 is 0. The number of rotatable bonds is 6. The Hall–Kier alpha value is -1.87. The maximum absolute atomic E-state index is 4.24. The van der Waals surface area contributed by atoms with E-state index in [-0.39, 0.29) is 0 Å². The quantitative estimate of drug-likeness (QED) is 0.787. The minimum absolute atomic E-state index is 0.810. The number of aryl methyl sites for hydroxylation is 1. The molecule has 0 aliphatic rings. The fourth-order valence-corrected chi connectivity index (χ4v) is 1.80. The number of aromatic nitrogens is 2. The Kier molecular flexibility index (Phi) is 4.31. The van der Waals surface area contributed by atoms with E-state index in [2.05, 4.69) is 29.1 Å². The van der Waals surface area contributed by atoms with E-state index >= 15 is 0 Å². The second kappa shape index (κ2) is 6.17. The molecule has 1 aromatic heterocycles. The van der Waals surface area contributed by atoms with Gasteiger partial charge in [0.2, 0.25) is 0 Å². The summed E-state index contributed by atoms with van der Waals surface area (Å²) in [6, 6.07) is 10.3. The minimum Gasteiger partial charge on any atom is -0.311 e. The molecule has 1 heterocycles. The molecule has 18 heavy (non-hydrogen) atoms. The highest BCUT2D eigenvalue weighted by atomic mass is 15.3. The molecule has 2 aromatic rings. The van der Waals surface area contributed by atoms with Crippen LogP contribution in [0.3, 0.4) is 0 Å². The third-order valence-electron chi connectivity index (χ3n) is 2.80. The molecule has 1 aromatic carbocycles. The van der Waals surface area contributed by atoms with E-state index in [0.29, 0.717) is 0 Å². The topological polar surface area (TPSA) is 29.9 Å². The van der Waals surface area contributed by atoms with E-state index in [1.165, 1.54) is 11.1 Å². The van der Waals surface area contributed by atoms with Crippen molar-refractivity contribution in [2.24, 2.45) is 0 Å². The Morgan fingerprint density at radius 2 is 2.11 bits per heavy atom. The van der Waals surface area contributed by atoms with Gasteiger partial charge in [-0.05, 0) is 23.6 Å². The molecule has 3 heteroatoms. The molecule has 0 saturated heterocycles. The lowest BCUT2D eigenvalue weighted by atomic mass is 10.1. The zero-order chi connectivity index (χ0) is 12.8. The van der Waals surface area contributed by atoms with Crippen molar-refractivity contribution in [3.05, 3.63) is 60.4 Å². The molecule has 0 fully saturated rings. The van der Waals surface area contributed by atoms with Gasteiger partial charge in [-0.3, -0.25) is 4.68 Å². The molecule has 0 saturated carbocycles. The summed E-state index contributed by atoms with van der Waals surface area (Å²) in [7, 11) is 0. The van der Waals surface area contributed by atoms with Gasteiger partial charge in [0.25, 0.3) is 0 Å². The van der Waals surface area contributed by atoms with E-state index in [0.717, 1.165) is 25.2 Å². The number of nitrogens with zero attached hydrogens (tertiary/aromatic N) is 2. The van der Waals surface area contributed by atoms with Crippen LogP contribution in [0, 0.1) is 6.92 Å². The minimum atomic E-state index is 0.810. The first kappa shape index (κ1) is 12.6. The lowest BCUT2D eigenvalue weighted by Gasteiger charge is -2.08. The largest absolute Gasteiger partial charge is 0.311 e. The van der Waals surface area contributed by atoms with Crippen molar-refractivity contribution in [3.63, 3.8) is 0 Å². The fraction of sp³-hybridized carbons (Fsp3) is 0.267. The van der Waals surface area contributed by atoms with E-state index in [4.69, 9.17) is 0 Å². The second-order valence-electron chi connectivity index (χ2n) is 4.43. The third-order valence-corrected chi connectivity index (χ3v) is 2.80. The van der Waals surface area contributed by atoms with Crippen LogP contribution in [0.25, 0.3) is 5.57 Å². The lowest BCUT2D eigenvalue weighted by molar-refractivity contribution is 0.574. The zero-order valence-corrected chi connectivity index (χ0v) is 10.8. The summed E-state index contributed by atoms with van der Waals surface area (Å²) in [5, 5.41) is 7.63. The van der Waals surface area contributed by atoms with Crippen LogP contribution in [0.15, 0.2) is 49.3 Å². The SMILES string of the molecule is C=C(CNCCn1cc(C)cn1)c1ccccc1.